The molecule has 1 atom stereocenters. The first kappa shape index (κ1) is 8.53. The number of hydrogen-bond acceptors (Lipinski definition) is 3. The van der Waals surface area contributed by atoms with Crippen LogP contribution in [-0.2, 0) is 6.42 Å². The van der Waals surface area contributed by atoms with Crippen LogP contribution in [0.4, 0.5) is 0 Å². The van der Waals surface area contributed by atoms with E-state index < -0.39 is 6.10 Å². The summed E-state index contributed by atoms with van der Waals surface area (Å²) >= 11 is 1.59. The monoisotopic (exact) mass is 194 g/mol. The molecule has 0 bridgehead atoms. The summed E-state index contributed by atoms with van der Waals surface area (Å²) in [7, 11) is 0. The molecule has 0 saturated carbocycles. The zero-order valence-electron chi connectivity index (χ0n) is 7.01. The van der Waals surface area contributed by atoms with Gasteiger partial charge >= 0.3 is 0 Å². The molecule has 2 aromatic heterocycles. The summed E-state index contributed by atoms with van der Waals surface area (Å²) in [5, 5.41) is 13.6. The molecular formula is C10H10O2S. The molecule has 0 fully saturated rings. The molecule has 2 nitrogen and oxygen atoms in total. The molecule has 1 N–H and O–H groups in total. The molecular weight excluding hydrogens is 184 g/mol. The van der Waals surface area contributed by atoms with Crippen LogP contribution in [0.2, 0.25) is 0 Å². The minimum absolute atomic E-state index is 0.447. The van der Waals surface area contributed by atoms with Gasteiger partial charge in [-0.3, -0.25) is 0 Å². The molecule has 3 heteroatoms. The van der Waals surface area contributed by atoms with E-state index in [0.717, 1.165) is 11.3 Å². The van der Waals surface area contributed by atoms with Crippen molar-refractivity contribution >= 4 is 11.3 Å². The highest BCUT2D eigenvalue weighted by Gasteiger charge is 2.09. The minimum atomic E-state index is -0.447. The number of thiophene rings is 1. The van der Waals surface area contributed by atoms with Gasteiger partial charge in [-0.05, 0) is 34.5 Å². The average molecular weight is 194 g/mol. The number of aliphatic hydroxyl groups is 1. The molecule has 0 aliphatic carbocycles. The van der Waals surface area contributed by atoms with Crippen LogP contribution >= 0.6 is 11.3 Å². The average Bonchev–Trinajstić information content (AvgIpc) is 2.74. The van der Waals surface area contributed by atoms with E-state index >= 15 is 0 Å². The van der Waals surface area contributed by atoms with Crippen molar-refractivity contribution in [2.75, 3.05) is 0 Å². The summed E-state index contributed by atoms with van der Waals surface area (Å²) < 4.78 is 5.15. The molecule has 0 amide bonds. The van der Waals surface area contributed by atoms with Gasteiger partial charge < -0.3 is 9.52 Å². The van der Waals surface area contributed by atoms with Gasteiger partial charge in [0.1, 0.15) is 5.76 Å². The van der Waals surface area contributed by atoms with Crippen LogP contribution in [-0.4, -0.2) is 5.11 Å². The fraction of sp³-hybridized carbons (Fsp3) is 0.200. The van der Waals surface area contributed by atoms with E-state index in [-0.39, 0.29) is 0 Å². The van der Waals surface area contributed by atoms with Crippen molar-refractivity contribution in [1.82, 2.24) is 0 Å². The van der Waals surface area contributed by atoms with E-state index in [0.29, 0.717) is 6.42 Å². The summed E-state index contributed by atoms with van der Waals surface area (Å²) in [5.41, 5.74) is 0.960. The first-order valence-electron chi connectivity index (χ1n) is 4.09. The Hall–Kier alpha value is -1.06. The molecule has 2 aromatic rings. The Morgan fingerprint density at radius 2 is 2.38 bits per heavy atom. The second kappa shape index (κ2) is 3.77. The van der Waals surface area contributed by atoms with Crippen molar-refractivity contribution in [3.05, 3.63) is 46.5 Å². The van der Waals surface area contributed by atoms with Crippen molar-refractivity contribution in [3.8, 4) is 0 Å². The van der Waals surface area contributed by atoms with E-state index in [9.17, 15) is 5.11 Å². The smallest absolute Gasteiger partial charge is 0.106 e. The SMILES string of the molecule is OC(Cc1ccco1)c1ccsc1. The largest absolute Gasteiger partial charge is 0.469 e. The van der Waals surface area contributed by atoms with E-state index in [2.05, 4.69) is 0 Å². The van der Waals surface area contributed by atoms with Gasteiger partial charge in [-0.1, -0.05) is 0 Å². The Morgan fingerprint density at radius 3 is 3.00 bits per heavy atom. The zero-order chi connectivity index (χ0) is 9.10. The maximum Gasteiger partial charge on any atom is 0.106 e. The highest BCUT2D eigenvalue weighted by atomic mass is 32.1. The predicted octanol–water partition coefficient (Wildman–Crippen LogP) is 2.62. The summed E-state index contributed by atoms with van der Waals surface area (Å²) in [6.45, 7) is 0. The zero-order valence-corrected chi connectivity index (χ0v) is 7.83. The Bertz CT molecular complexity index is 337. The normalized spacial score (nSPS) is 13.0. The Balaban J connectivity index is 2.04. The van der Waals surface area contributed by atoms with E-state index in [1.807, 2.05) is 29.0 Å². The lowest BCUT2D eigenvalue weighted by atomic mass is 10.1. The molecule has 0 aliphatic rings. The quantitative estimate of drug-likeness (QED) is 0.814. The lowest BCUT2D eigenvalue weighted by molar-refractivity contribution is 0.171. The Labute approximate surface area is 80.4 Å². The van der Waals surface area contributed by atoms with Gasteiger partial charge in [-0.2, -0.15) is 11.3 Å². The van der Waals surface area contributed by atoms with E-state index in [1.54, 1.807) is 17.6 Å². The number of rotatable bonds is 3. The second-order valence-electron chi connectivity index (χ2n) is 2.86. The lowest BCUT2D eigenvalue weighted by Gasteiger charge is -2.05. The summed E-state index contributed by atoms with van der Waals surface area (Å²) in [4.78, 5) is 0. The molecule has 13 heavy (non-hydrogen) atoms. The summed E-state index contributed by atoms with van der Waals surface area (Å²) in [5.74, 6) is 0.818. The third-order valence-electron chi connectivity index (χ3n) is 1.90. The Morgan fingerprint density at radius 1 is 1.46 bits per heavy atom. The van der Waals surface area contributed by atoms with Crippen LogP contribution in [0, 0.1) is 0 Å². The Kier molecular flexibility index (Phi) is 2.47. The molecule has 0 spiro atoms. The number of aliphatic hydroxyl groups excluding tert-OH is 1. The van der Waals surface area contributed by atoms with E-state index in [4.69, 9.17) is 4.42 Å². The minimum Gasteiger partial charge on any atom is -0.469 e. The number of hydrogen-bond donors (Lipinski definition) is 1. The molecule has 0 saturated heterocycles. The number of furan rings is 1. The molecule has 2 rings (SSSR count). The first-order valence-corrected chi connectivity index (χ1v) is 5.03. The van der Waals surface area contributed by atoms with Crippen molar-refractivity contribution in [2.45, 2.75) is 12.5 Å². The topological polar surface area (TPSA) is 33.4 Å². The molecule has 2 heterocycles. The van der Waals surface area contributed by atoms with Crippen LogP contribution in [0.25, 0.3) is 0 Å². The van der Waals surface area contributed by atoms with Crippen molar-refractivity contribution in [3.63, 3.8) is 0 Å². The fourth-order valence-corrected chi connectivity index (χ4v) is 1.91. The van der Waals surface area contributed by atoms with Crippen LogP contribution in [0.3, 0.4) is 0 Å². The van der Waals surface area contributed by atoms with Gasteiger partial charge in [0.15, 0.2) is 0 Å². The third kappa shape index (κ3) is 1.99. The van der Waals surface area contributed by atoms with Crippen LogP contribution in [0.1, 0.15) is 17.4 Å². The van der Waals surface area contributed by atoms with Gasteiger partial charge in [0.25, 0.3) is 0 Å². The highest BCUT2D eigenvalue weighted by Crippen LogP contribution is 2.20. The summed E-state index contributed by atoms with van der Waals surface area (Å²) in [6, 6.07) is 5.63. The van der Waals surface area contributed by atoms with Crippen molar-refractivity contribution in [2.24, 2.45) is 0 Å². The molecule has 0 aromatic carbocycles. The van der Waals surface area contributed by atoms with Gasteiger partial charge in [-0.15, -0.1) is 0 Å². The van der Waals surface area contributed by atoms with Gasteiger partial charge in [-0.25, -0.2) is 0 Å². The molecule has 1 unspecified atom stereocenters. The molecule has 68 valence electrons. The van der Waals surface area contributed by atoms with Gasteiger partial charge in [0.05, 0.1) is 12.4 Å². The summed E-state index contributed by atoms with van der Waals surface area (Å²) in [6.07, 6.45) is 1.72. The van der Waals surface area contributed by atoms with Crippen molar-refractivity contribution < 1.29 is 9.52 Å². The van der Waals surface area contributed by atoms with Crippen LogP contribution < -0.4 is 0 Å². The van der Waals surface area contributed by atoms with E-state index in [1.165, 1.54) is 0 Å². The highest BCUT2D eigenvalue weighted by molar-refractivity contribution is 7.07. The third-order valence-corrected chi connectivity index (χ3v) is 2.60. The van der Waals surface area contributed by atoms with Crippen LogP contribution in [0.15, 0.2) is 39.6 Å². The second-order valence-corrected chi connectivity index (χ2v) is 3.64. The van der Waals surface area contributed by atoms with Crippen molar-refractivity contribution in [1.29, 1.82) is 0 Å². The maximum absolute atomic E-state index is 9.73. The van der Waals surface area contributed by atoms with Gasteiger partial charge in [0, 0.05) is 6.42 Å². The molecule has 0 radical (unpaired) electrons. The molecule has 0 aliphatic heterocycles. The van der Waals surface area contributed by atoms with Crippen LogP contribution in [0.5, 0.6) is 0 Å². The van der Waals surface area contributed by atoms with Gasteiger partial charge in [0.2, 0.25) is 0 Å². The maximum atomic E-state index is 9.73. The first-order chi connectivity index (χ1) is 6.36. The standard InChI is InChI=1S/C10H10O2S/c11-10(8-3-5-13-7-8)6-9-2-1-4-12-9/h1-5,7,10-11H,6H2. The predicted molar refractivity (Wildman–Crippen MR) is 51.7 cm³/mol. The lowest BCUT2D eigenvalue weighted by Crippen LogP contribution is -1.98. The fourth-order valence-electron chi connectivity index (χ4n) is 1.20.